The van der Waals surface area contributed by atoms with Crippen LogP contribution in [0.5, 0.6) is 0 Å². The molecule has 0 N–H and O–H groups in total. The normalized spacial score (nSPS) is 33.9. The first-order valence-electron chi connectivity index (χ1n) is 8.78. The number of allylic oxidation sites excluding steroid dienone is 2. The highest BCUT2D eigenvalue weighted by Crippen LogP contribution is 2.45. The summed E-state index contributed by atoms with van der Waals surface area (Å²) in [4.78, 5) is 14.8. The van der Waals surface area contributed by atoms with Gasteiger partial charge >= 0.3 is 0 Å². The average Bonchev–Trinajstić information content (AvgIpc) is 3.25. The first-order valence-corrected chi connectivity index (χ1v) is 10.3. The van der Waals surface area contributed by atoms with E-state index in [-0.39, 0.29) is 22.0 Å². The maximum absolute atomic E-state index is 12.8. The van der Waals surface area contributed by atoms with E-state index in [0.29, 0.717) is 13.1 Å². The number of nitrogens with zero attached hydrogens (tertiary/aromatic N) is 2. The molecular weight excluding hydrogens is 312 g/mol. The van der Waals surface area contributed by atoms with Gasteiger partial charge in [-0.05, 0) is 38.5 Å². The minimum Gasteiger partial charge on any atom is -0.341 e. The summed E-state index contributed by atoms with van der Waals surface area (Å²) in [6.45, 7) is 4.80. The first kappa shape index (κ1) is 15.6. The predicted octanol–water partition coefficient (Wildman–Crippen LogP) is 1.76. The topological polar surface area (TPSA) is 57.7 Å². The zero-order valence-corrected chi connectivity index (χ0v) is 14.6. The largest absolute Gasteiger partial charge is 0.341 e. The molecule has 0 aromatic carbocycles. The summed E-state index contributed by atoms with van der Waals surface area (Å²) in [5, 5.41) is -0.122. The summed E-state index contributed by atoms with van der Waals surface area (Å²) < 4.78 is 26.4. The SMILES string of the molecule is CC1(C(=O)N2CC3(CCN(S(=O)(=O)C4CC4)C3)C2)CC=CCC1. The van der Waals surface area contributed by atoms with Gasteiger partial charge in [-0.2, -0.15) is 0 Å². The van der Waals surface area contributed by atoms with E-state index in [1.165, 1.54) is 0 Å². The Morgan fingerprint density at radius 3 is 2.48 bits per heavy atom. The van der Waals surface area contributed by atoms with Gasteiger partial charge in [0.05, 0.1) is 10.7 Å². The number of sulfonamides is 1. The molecule has 0 bridgehead atoms. The molecule has 6 heteroatoms. The molecule has 0 radical (unpaired) electrons. The van der Waals surface area contributed by atoms with Gasteiger partial charge < -0.3 is 4.90 Å². The summed E-state index contributed by atoms with van der Waals surface area (Å²) in [5.74, 6) is 0.260. The maximum Gasteiger partial charge on any atom is 0.228 e. The van der Waals surface area contributed by atoms with E-state index in [0.717, 1.165) is 51.6 Å². The van der Waals surface area contributed by atoms with Gasteiger partial charge in [0.25, 0.3) is 0 Å². The summed E-state index contributed by atoms with van der Waals surface area (Å²) in [6.07, 6.45) is 9.56. The van der Waals surface area contributed by atoms with Gasteiger partial charge in [0, 0.05) is 31.6 Å². The third kappa shape index (κ3) is 2.54. The Morgan fingerprint density at radius 1 is 1.13 bits per heavy atom. The average molecular weight is 338 g/mol. The summed E-state index contributed by atoms with van der Waals surface area (Å²) in [5.41, 5.74) is -0.229. The Balaban J connectivity index is 1.38. The van der Waals surface area contributed by atoms with Gasteiger partial charge in [-0.25, -0.2) is 12.7 Å². The van der Waals surface area contributed by atoms with Crippen LogP contribution in [-0.2, 0) is 14.8 Å². The second-order valence-electron chi connectivity index (χ2n) is 8.26. The molecule has 0 aromatic rings. The van der Waals surface area contributed by atoms with Gasteiger partial charge in [-0.3, -0.25) is 4.79 Å². The fraction of sp³-hybridized carbons (Fsp3) is 0.824. The van der Waals surface area contributed by atoms with Gasteiger partial charge in [-0.15, -0.1) is 0 Å². The number of rotatable bonds is 3. The molecule has 2 saturated heterocycles. The van der Waals surface area contributed by atoms with Crippen molar-refractivity contribution in [3.63, 3.8) is 0 Å². The Kier molecular flexibility index (Phi) is 3.44. The second-order valence-corrected chi connectivity index (χ2v) is 10.5. The Labute approximate surface area is 138 Å². The lowest BCUT2D eigenvalue weighted by molar-refractivity contribution is -0.153. The molecule has 1 atom stereocenters. The Bertz CT molecular complexity index is 647. The van der Waals surface area contributed by atoms with E-state index >= 15 is 0 Å². The number of likely N-dealkylation sites (tertiary alicyclic amines) is 1. The summed E-state index contributed by atoms with van der Waals surface area (Å²) >= 11 is 0. The number of hydrogen-bond acceptors (Lipinski definition) is 3. The minimum absolute atomic E-state index is 0.0263. The van der Waals surface area contributed by atoms with Crippen molar-refractivity contribution >= 4 is 15.9 Å². The van der Waals surface area contributed by atoms with Crippen LogP contribution in [0.25, 0.3) is 0 Å². The van der Waals surface area contributed by atoms with E-state index in [1.54, 1.807) is 4.31 Å². The van der Waals surface area contributed by atoms with Crippen LogP contribution in [0.1, 0.15) is 45.4 Å². The van der Waals surface area contributed by atoms with Crippen molar-refractivity contribution in [1.29, 1.82) is 0 Å². The van der Waals surface area contributed by atoms with E-state index < -0.39 is 10.0 Å². The van der Waals surface area contributed by atoms with Crippen molar-refractivity contribution in [2.45, 2.75) is 50.7 Å². The third-order valence-corrected chi connectivity index (χ3v) is 8.51. The minimum atomic E-state index is -3.06. The Hall–Kier alpha value is -0.880. The summed E-state index contributed by atoms with van der Waals surface area (Å²) in [7, 11) is -3.06. The quantitative estimate of drug-likeness (QED) is 0.737. The van der Waals surface area contributed by atoms with Crippen molar-refractivity contribution < 1.29 is 13.2 Å². The highest BCUT2D eigenvalue weighted by molar-refractivity contribution is 7.90. The van der Waals surface area contributed by atoms with E-state index in [9.17, 15) is 13.2 Å². The number of carbonyl (C=O) groups is 1. The van der Waals surface area contributed by atoms with Crippen LogP contribution in [0.2, 0.25) is 0 Å². The van der Waals surface area contributed by atoms with E-state index in [4.69, 9.17) is 0 Å². The van der Waals surface area contributed by atoms with Crippen LogP contribution < -0.4 is 0 Å². The van der Waals surface area contributed by atoms with Gasteiger partial charge in [0.1, 0.15) is 0 Å². The molecule has 23 heavy (non-hydrogen) atoms. The highest BCUT2D eigenvalue weighted by atomic mass is 32.2. The lowest BCUT2D eigenvalue weighted by Crippen LogP contribution is -2.62. The van der Waals surface area contributed by atoms with Crippen LogP contribution in [0, 0.1) is 10.8 Å². The third-order valence-electron chi connectivity index (χ3n) is 6.16. The van der Waals surface area contributed by atoms with Crippen LogP contribution >= 0.6 is 0 Å². The van der Waals surface area contributed by atoms with E-state index in [1.807, 2.05) is 4.90 Å². The molecule has 1 unspecified atom stereocenters. The number of carbonyl (C=O) groups excluding carboxylic acids is 1. The number of amides is 1. The molecule has 2 aliphatic heterocycles. The van der Waals surface area contributed by atoms with Gasteiger partial charge in [-0.1, -0.05) is 19.1 Å². The van der Waals surface area contributed by atoms with Gasteiger partial charge in [0.2, 0.25) is 15.9 Å². The molecular formula is C17H26N2O3S. The molecule has 1 saturated carbocycles. The van der Waals surface area contributed by atoms with Gasteiger partial charge in [0.15, 0.2) is 0 Å². The molecule has 1 spiro atoms. The molecule has 4 rings (SSSR count). The molecule has 0 aromatic heterocycles. The van der Waals surface area contributed by atoms with Crippen molar-refractivity contribution in [3.05, 3.63) is 12.2 Å². The van der Waals surface area contributed by atoms with Crippen molar-refractivity contribution in [1.82, 2.24) is 9.21 Å². The molecule has 2 aliphatic carbocycles. The zero-order chi connectivity index (χ0) is 16.3. The van der Waals surface area contributed by atoms with E-state index in [2.05, 4.69) is 19.1 Å². The van der Waals surface area contributed by atoms with Crippen molar-refractivity contribution in [3.8, 4) is 0 Å². The van der Waals surface area contributed by atoms with Crippen molar-refractivity contribution in [2.75, 3.05) is 26.2 Å². The van der Waals surface area contributed by atoms with Crippen LogP contribution in [0.4, 0.5) is 0 Å². The highest BCUT2D eigenvalue weighted by Gasteiger charge is 2.55. The smallest absolute Gasteiger partial charge is 0.228 e. The standard InChI is InChI=1S/C17H26N2O3S/c1-16(7-3-2-4-8-16)15(20)18-11-17(12-18)9-10-19(13-17)23(21,22)14-5-6-14/h2-3,14H,4-13H2,1H3. The molecule has 3 fully saturated rings. The van der Waals surface area contributed by atoms with Crippen LogP contribution in [-0.4, -0.2) is 55.0 Å². The molecule has 2 heterocycles. The maximum atomic E-state index is 12.8. The fourth-order valence-corrected chi connectivity index (χ4v) is 6.35. The first-order chi connectivity index (χ1) is 10.8. The molecule has 1 amide bonds. The number of hydrogen-bond donors (Lipinski definition) is 0. The molecule has 5 nitrogen and oxygen atoms in total. The fourth-order valence-electron chi connectivity index (χ4n) is 4.39. The lowest BCUT2D eigenvalue weighted by atomic mass is 9.73. The predicted molar refractivity (Wildman–Crippen MR) is 88.2 cm³/mol. The lowest BCUT2D eigenvalue weighted by Gasteiger charge is -2.51. The van der Waals surface area contributed by atoms with Crippen molar-refractivity contribution in [2.24, 2.45) is 10.8 Å². The molecule has 4 aliphatic rings. The molecule has 128 valence electrons. The van der Waals surface area contributed by atoms with Crippen LogP contribution in [0.3, 0.4) is 0 Å². The zero-order valence-electron chi connectivity index (χ0n) is 13.8. The second kappa shape index (κ2) is 5.06. The summed E-state index contributed by atoms with van der Waals surface area (Å²) in [6, 6.07) is 0. The Morgan fingerprint density at radius 2 is 1.87 bits per heavy atom. The monoisotopic (exact) mass is 338 g/mol. The van der Waals surface area contributed by atoms with Crippen LogP contribution in [0.15, 0.2) is 12.2 Å².